The zero-order valence-corrected chi connectivity index (χ0v) is 12.9. The lowest BCUT2D eigenvalue weighted by molar-refractivity contribution is -0.141. The quantitative estimate of drug-likeness (QED) is 0.897. The fourth-order valence-electron chi connectivity index (χ4n) is 3.12. The van der Waals surface area contributed by atoms with Crippen molar-refractivity contribution in [1.82, 2.24) is 4.90 Å². The molecule has 0 aliphatic carbocycles. The van der Waals surface area contributed by atoms with E-state index in [1.165, 1.54) is 4.90 Å². The smallest absolute Gasteiger partial charge is 0.326 e. The molecule has 6 heteroatoms. The van der Waals surface area contributed by atoms with Gasteiger partial charge in [-0.2, -0.15) is 0 Å². The Morgan fingerprint density at radius 2 is 2.17 bits per heavy atom. The van der Waals surface area contributed by atoms with Gasteiger partial charge in [0.15, 0.2) is 0 Å². The minimum atomic E-state index is -0.943. The second kappa shape index (κ2) is 7.00. The van der Waals surface area contributed by atoms with E-state index in [1.54, 1.807) is 24.3 Å². The zero-order valence-electron chi connectivity index (χ0n) is 12.9. The summed E-state index contributed by atoms with van der Waals surface area (Å²) < 4.78 is 11.2. The molecule has 2 atom stereocenters. The van der Waals surface area contributed by atoms with E-state index in [2.05, 4.69) is 0 Å². The highest BCUT2D eigenvalue weighted by Gasteiger charge is 2.34. The van der Waals surface area contributed by atoms with Gasteiger partial charge in [-0.25, -0.2) is 4.79 Å². The van der Waals surface area contributed by atoms with Crippen molar-refractivity contribution < 1.29 is 24.2 Å². The molecule has 1 aromatic rings. The lowest BCUT2D eigenvalue weighted by Gasteiger charge is -2.21. The summed E-state index contributed by atoms with van der Waals surface area (Å²) in [5.74, 6) is -0.587. The Morgan fingerprint density at radius 1 is 1.30 bits per heavy atom. The van der Waals surface area contributed by atoms with Crippen molar-refractivity contribution in [2.24, 2.45) is 0 Å². The number of carboxylic acid groups (broad SMARTS) is 1. The van der Waals surface area contributed by atoms with E-state index in [9.17, 15) is 14.7 Å². The molecular formula is C17H21NO5. The fourth-order valence-corrected chi connectivity index (χ4v) is 3.12. The lowest BCUT2D eigenvalue weighted by atomic mass is 10.1. The average Bonchev–Trinajstić information content (AvgIpc) is 3.23. The summed E-state index contributed by atoms with van der Waals surface area (Å²) >= 11 is 0. The predicted molar refractivity (Wildman–Crippen MR) is 82.6 cm³/mol. The lowest BCUT2D eigenvalue weighted by Crippen LogP contribution is -2.40. The number of rotatable bonds is 5. The zero-order chi connectivity index (χ0) is 16.2. The van der Waals surface area contributed by atoms with Crippen LogP contribution in [0.2, 0.25) is 0 Å². The first-order chi connectivity index (χ1) is 11.1. The number of nitrogens with zero attached hydrogens (tertiary/aromatic N) is 1. The molecule has 2 aliphatic rings. The Kier molecular flexibility index (Phi) is 4.81. The van der Waals surface area contributed by atoms with Crippen LogP contribution in [0.1, 0.15) is 36.0 Å². The molecule has 1 amide bonds. The maximum absolute atomic E-state index is 12.6. The first-order valence-electron chi connectivity index (χ1n) is 8.03. The van der Waals surface area contributed by atoms with E-state index in [0.717, 1.165) is 25.9 Å². The van der Waals surface area contributed by atoms with Crippen LogP contribution in [0.3, 0.4) is 0 Å². The van der Waals surface area contributed by atoms with Crippen molar-refractivity contribution in [3.05, 3.63) is 29.8 Å². The van der Waals surface area contributed by atoms with Gasteiger partial charge in [0.1, 0.15) is 18.4 Å². The highest BCUT2D eigenvalue weighted by molar-refractivity contribution is 5.97. The third-order valence-corrected chi connectivity index (χ3v) is 4.34. The van der Waals surface area contributed by atoms with Gasteiger partial charge in [-0.15, -0.1) is 0 Å². The summed E-state index contributed by atoms with van der Waals surface area (Å²) in [7, 11) is 0. The molecule has 1 unspecified atom stereocenters. The van der Waals surface area contributed by atoms with Crippen molar-refractivity contribution in [3.8, 4) is 5.75 Å². The molecule has 124 valence electrons. The van der Waals surface area contributed by atoms with Gasteiger partial charge >= 0.3 is 5.97 Å². The van der Waals surface area contributed by atoms with Crippen LogP contribution in [0, 0.1) is 0 Å². The van der Waals surface area contributed by atoms with E-state index >= 15 is 0 Å². The molecule has 2 fully saturated rings. The number of hydrogen-bond donors (Lipinski definition) is 1. The summed E-state index contributed by atoms with van der Waals surface area (Å²) in [5, 5.41) is 9.21. The summed E-state index contributed by atoms with van der Waals surface area (Å²) in [6.07, 6.45) is 3.39. The minimum Gasteiger partial charge on any atom is -0.491 e. The highest BCUT2D eigenvalue weighted by Crippen LogP contribution is 2.23. The van der Waals surface area contributed by atoms with Crippen molar-refractivity contribution >= 4 is 11.9 Å². The number of hydrogen-bond acceptors (Lipinski definition) is 4. The number of ether oxygens (including phenoxy) is 2. The first-order valence-corrected chi connectivity index (χ1v) is 8.03. The number of benzene rings is 1. The molecule has 1 aromatic carbocycles. The highest BCUT2D eigenvalue weighted by atomic mass is 16.5. The van der Waals surface area contributed by atoms with Gasteiger partial charge < -0.3 is 19.5 Å². The summed E-state index contributed by atoms with van der Waals surface area (Å²) in [6.45, 7) is 1.73. The predicted octanol–water partition coefficient (Wildman–Crippen LogP) is 1.93. The topological polar surface area (TPSA) is 76.1 Å². The number of carbonyl (C=O) groups excluding carboxylic acids is 1. The Hall–Kier alpha value is -2.08. The van der Waals surface area contributed by atoms with Crippen molar-refractivity contribution in [2.75, 3.05) is 19.8 Å². The number of carboxylic acids is 1. The van der Waals surface area contributed by atoms with E-state index in [4.69, 9.17) is 9.47 Å². The molecule has 2 saturated heterocycles. The summed E-state index contributed by atoms with van der Waals surface area (Å²) in [6, 6.07) is 6.19. The SMILES string of the molecule is O=C(O)[C@@H]1CCCN1C(=O)c1cccc(OCC2CCCO2)c1. The maximum atomic E-state index is 12.6. The van der Waals surface area contributed by atoms with Gasteiger partial charge in [0, 0.05) is 18.7 Å². The van der Waals surface area contributed by atoms with Gasteiger partial charge in [0.05, 0.1) is 6.10 Å². The molecule has 3 rings (SSSR count). The van der Waals surface area contributed by atoms with Gasteiger partial charge in [-0.05, 0) is 43.9 Å². The summed E-state index contributed by atoms with van der Waals surface area (Å²) in [5.41, 5.74) is 0.461. The van der Waals surface area contributed by atoms with Crippen LogP contribution in [-0.4, -0.2) is 53.8 Å². The number of carbonyl (C=O) groups is 2. The van der Waals surface area contributed by atoms with Crippen LogP contribution < -0.4 is 4.74 Å². The largest absolute Gasteiger partial charge is 0.491 e. The third-order valence-electron chi connectivity index (χ3n) is 4.34. The Balaban J connectivity index is 1.66. The second-order valence-electron chi connectivity index (χ2n) is 5.97. The molecular weight excluding hydrogens is 298 g/mol. The van der Waals surface area contributed by atoms with E-state index in [-0.39, 0.29) is 12.0 Å². The fraction of sp³-hybridized carbons (Fsp3) is 0.529. The van der Waals surface area contributed by atoms with Crippen molar-refractivity contribution in [1.29, 1.82) is 0 Å². The molecule has 1 N–H and O–H groups in total. The number of aliphatic carboxylic acids is 1. The maximum Gasteiger partial charge on any atom is 0.326 e. The molecule has 2 heterocycles. The molecule has 23 heavy (non-hydrogen) atoms. The van der Waals surface area contributed by atoms with Crippen molar-refractivity contribution in [2.45, 2.75) is 37.8 Å². The van der Waals surface area contributed by atoms with Crippen LogP contribution in [0.4, 0.5) is 0 Å². The van der Waals surface area contributed by atoms with Crippen LogP contribution in [0.25, 0.3) is 0 Å². The van der Waals surface area contributed by atoms with Crippen LogP contribution >= 0.6 is 0 Å². The van der Waals surface area contributed by atoms with Crippen LogP contribution in [-0.2, 0) is 9.53 Å². The van der Waals surface area contributed by atoms with Gasteiger partial charge in [0.25, 0.3) is 5.91 Å². The second-order valence-corrected chi connectivity index (χ2v) is 5.97. The molecule has 0 bridgehead atoms. The number of amides is 1. The summed E-state index contributed by atoms with van der Waals surface area (Å²) in [4.78, 5) is 25.2. The molecule has 0 saturated carbocycles. The van der Waals surface area contributed by atoms with Gasteiger partial charge in [0.2, 0.25) is 0 Å². The number of likely N-dealkylation sites (tertiary alicyclic amines) is 1. The van der Waals surface area contributed by atoms with Crippen LogP contribution in [0.15, 0.2) is 24.3 Å². The minimum absolute atomic E-state index is 0.115. The van der Waals surface area contributed by atoms with E-state index < -0.39 is 12.0 Å². The molecule has 0 radical (unpaired) electrons. The molecule has 0 aromatic heterocycles. The normalized spacial score (nSPS) is 23.9. The standard InChI is InChI=1S/C17H21NO5/c19-16(18-8-2-7-15(18)17(20)21)12-4-1-5-13(10-12)23-11-14-6-3-9-22-14/h1,4-5,10,14-15H,2-3,6-9,11H2,(H,20,21)/t14?,15-/m0/s1. The van der Waals surface area contributed by atoms with Crippen molar-refractivity contribution in [3.63, 3.8) is 0 Å². The van der Waals surface area contributed by atoms with Gasteiger partial charge in [-0.3, -0.25) is 4.79 Å². The average molecular weight is 319 g/mol. The van der Waals surface area contributed by atoms with Gasteiger partial charge in [-0.1, -0.05) is 6.07 Å². The monoisotopic (exact) mass is 319 g/mol. The first kappa shape index (κ1) is 15.8. The molecule has 2 aliphatic heterocycles. The molecule has 0 spiro atoms. The van der Waals surface area contributed by atoms with E-state index in [0.29, 0.717) is 30.9 Å². The Bertz CT molecular complexity index is 582. The Labute approximate surface area is 135 Å². The van der Waals surface area contributed by atoms with Crippen LogP contribution in [0.5, 0.6) is 5.75 Å². The van der Waals surface area contributed by atoms with E-state index in [1.807, 2.05) is 0 Å². The molecule has 6 nitrogen and oxygen atoms in total. The Morgan fingerprint density at radius 3 is 2.91 bits per heavy atom. The third kappa shape index (κ3) is 3.64.